The number of amides is 3. The van der Waals surface area contributed by atoms with Gasteiger partial charge >= 0.3 is 6.03 Å². The third-order valence-corrected chi connectivity index (χ3v) is 5.85. The number of ketones is 1. The van der Waals surface area contributed by atoms with Crippen LogP contribution in [0.15, 0.2) is 47.0 Å². The number of hydrogen-bond acceptors (Lipinski definition) is 5. The lowest BCUT2D eigenvalue weighted by Gasteiger charge is -2.25. The average Bonchev–Trinajstić information content (AvgIpc) is 3.38. The molecule has 1 N–H and O–H groups in total. The lowest BCUT2D eigenvalue weighted by Crippen LogP contribution is -2.43. The molecule has 1 aromatic carbocycles. The Morgan fingerprint density at radius 2 is 1.84 bits per heavy atom. The fourth-order valence-corrected chi connectivity index (χ4v) is 4.22. The molecule has 0 saturated carbocycles. The maximum Gasteiger partial charge on any atom is 0.325 e. The number of urea groups is 1. The average molecular weight is 420 g/mol. The third kappa shape index (κ3) is 3.24. The Morgan fingerprint density at radius 1 is 1.13 bits per heavy atom. The second-order valence-electron chi connectivity index (χ2n) is 7.79. The Labute approximate surface area is 179 Å². The van der Waals surface area contributed by atoms with Gasteiger partial charge in [0.25, 0.3) is 5.91 Å². The predicted octanol–water partition coefficient (Wildman–Crippen LogP) is 3.43. The molecule has 1 fully saturated rings. The number of aryl methyl sites for hydroxylation is 2. The molecule has 0 aliphatic carbocycles. The lowest BCUT2D eigenvalue weighted by molar-refractivity contribution is -0.131. The van der Waals surface area contributed by atoms with Crippen LogP contribution in [0.2, 0.25) is 0 Å². The summed E-state index contributed by atoms with van der Waals surface area (Å²) in [5.74, 6) is 0.505. The summed E-state index contributed by atoms with van der Waals surface area (Å²) in [7, 11) is 0. The largest absolute Gasteiger partial charge is 0.360 e. The SMILES string of the molecule is CCC1(c2ccccc2)NC(=O)N(CC(=O)c2cc(C)n(-c3cc(C)on3)c2C)C1=O. The van der Waals surface area contributed by atoms with Crippen LogP contribution in [0.4, 0.5) is 4.79 Å². The summed E-state index contributed by atoms with van der Waals surface area (Å²) in [5.41, 5.74) is 1.46. The van der Waals surface area contributed by atoms with Crippen molar-refractivity contribution in [2.75, 3.05) is 6.54 Å². The number of hydrogen-bond donors (Lipinski definition) is 1. The normalized spacial score (nSPS) is 18.5. The van der Waals surface area contributed by atoms with Crippen molar-refractivity contribution in [3.63, 3.8) is 0 Å². The van der Waals surface area contributed by atoms with E-state index in [9.17, 15) is 14.4 Å². The van der Waals surface area contributed by atoms with Crippen molar-refractivity contribution >= 4 is 17.7 Å². The van der Waals surface area contributed by atoms with Gasteiger partial charge in [0.2, 0.25) is 0 Å². The van der Waals surface area contributed by atoms with E-state index in [-0.39, 0.29) is 12.3 Å². The molecule has 1 aliphatic rings. The van der Waals surface area contributed by atoms with Crippen LogP contribution in [0, 0.1) is 20.8 Å². The third-order valence-electron chi connectivity index (χ3n) is 5.85. The first-order chi connectivity index (χ1) is 14.8. The number of carbonyl (C=O) groups excluding carboxylic acids is 3. The fraction of sp³-hybridized carbons (Fsp3) is 0.304. The van der Waals surface area contributed by atoms with E-state index in [1.807, 2.05) is 36.6 Å². The zero-order chi connectivity index (χ0) is 22.3. The standard InChI is InChI=1S/C23H24N4O4/c1-5-23(17-9-7-6-8-10-17)21(29)26(22(30)24-23)13-19(28)18-11-14(2)27(16(18)4)20-12-15(3)31-25-20/h6-12H,5,13H2,1-4H3,(H,24,30). The molecule has 2 aromatic heterocycles. The minimum absolute atomic E-state index is 0.317. The zero-order valence-corrected chi connectivity index (χ0v) is 17.9. The minimum Gasteiger partial charge on any atom is -0.360 e. The molecular formula is C23H24N4O4. The maximum absolute atomic E-state index is 13.3. The second kappa shape index (κ2) is 7.54. The molecule has 1 aliphatic heterocycles. The van der Waals surface area contributed by atoms with Gasteiger partial charge in [-0.05, 0) is 38.8 Å². The van der Waals surface area contributed by atoms with E-state index in [1.165, 1.54) is 0 Å². The summed E-state index contributed by atoms with van der Waals surface area (Å²) in [5, 5.41) is 6.83. The predicted molar refractivity (Wildman–Crippen MR) is 113 cm³/mol. The molecule has 160 valence electrons. The summed E-state index contributed by atoms with van der Waals surface area (Å²) in [6.07, 6.45) is 0.381. The molecule has 1 unspecified atom stereocenters. The van der Waals surface area contributed by atoms with Crippen molar-refractivity contribution in [2.45, 2.75) is 39.7 Å². The molecule has 3 amide bonds. The Kier molecular flexibility index (Phi) is 5.00. The zero-order valence-electron chi connectivity index (χ0n) is 17.9. The molecule has 0 bridgehead atoms. The van der Waals surface area contributed by atoms with E-state index in [4.69, 9.17) is 4.52 Å². The van der Waals surface area contributed by atoms with Gasteiger partial charge in [0.15, 0.2) is 11.6 Å². The van der Waals surface area contributed by atoms with Crippen molar-refractivity contribution in [1.82, 2.24) is 19.9 Å². The number of carbonyl (C=O) groups is 3. The summed E-state index contributed by atoms with van der Waals surface area (Å²) >= 11 is 0. The van der Waals surface area contributed by atoms with Gasteiger partial charge in [0, 0.05) is 23.0 Å². The smallest absolute Gasteiger partial charge is 0.325 e. The molecule has 0 radical (unpaired) electrons. The maximum atomic E-state index is 13.3. The van der Waals surface area contributed by atoms with Gasteiger partial charge in [0.05, 0.1) is 6.54 Å². The van der Waals surface area contributed by atoms with Crippen LogP contribution >= 0.6 is 0 Å². The Hall–Kier alpha value is -3.68. The van der Waals surface area contributed by atoms with E-state index < -0.39 is 17.5 Å². The van der Waals surface area contributed by atoms with E-state index in [1.54, 1.807) is 38.1 Å². The van der Waals surface area contributed by atoms with Gasteiger partial charge < -0.3 is 9.84 Å². The number of rotatable bonds is 6. The molecule has 31 heavy (non-hydrogen) atoms. The highest BCUT2D eigenvalue weighted by Gasteiger charge is 2.51. The summed E-state index contributed by atoms with van der Waals surface area (Å²) < 4.78 is 6.97. The van der Waals surface area contributed by atoms with Gasteiger partial charge in [-0.15, -0.1) is 0 Å². The molecule has 1 saturated heterocycles. The van der Waals surface area contributed by atoms with Gasteiger partial charge in [-0.1, -0.05) is 42.4 Å². The highest BCUT2D eigenvalue weighted by molar-refractivity contribution is 6.11. The van der Waals surface area contributed by atoms with Gasteiger partial charge in [-0.3, -0.25) is 19.1 Å². The van der Waals surface area contributed by atoms with Crippen molar-refractivity contribution < 1.29 is 18.9 Å². The first kappa shape index (κ1) is 20.6. The topological polar surface area (TPSA) is 97.4 Å². The second-order valence-corrected chi connectivity index (χ2v) is 7.79. The van der Waals surface area contributed by atoms with E-state index in [0.29, 0.717) is 34.8 Å². The Balaban J connectivity index is 1.62. The first-order valence-corrected chi connectivity index (χ1v) is 10.1. The highest BCUT2D eigenvalue weighted by Crippen LogP contribution is 2.32. The van der Waals surface area contributed by atoms with Crippen LogP contribution in [-0.4, -0.2) is 38.9 Å². The molecule has 3 aromatic rings. The summed E-state index contributed by atoms with van der Waals surface area (Å²) in [6, 6.07) is 12.1. The Morgan fingerprint density at radius 3 is 2.45 bits per heavy atom. The Bertz CT molecular complexity index is 1180. The van der Waals surface area contributed by atoms with Crippen LogP contribution in [0.5, 0.6) is 0 Å². The van der Waals surface area contributed by atoms with Gasteiger partial charge in [-0.25, -0.2) is 4.79 Å². The molecule has 4 rings (SSSR count). The van der Waals surface area contributed by atoms with E-state index in [0.717, 1.165) is 10.6 Å². The quantitative estimate of drug-likeness (QED) is 0.487. The number of imide groups is 1. The number of nitrogens with one attached hydrogen (secondary N) is 1. The van der Waals surface area contributed by atoms with Gasteiger partial charge in [-0.2, -0.15) is 0 Å². The van der Waals surface area contributed by atoms with Crippen molar-refractivity contribution in [3.05, 3.63) is 70.7 Å². The van der Waals surface area contributed by atoms with Crippen LogP contribution in [-0.2, 0) is 10.3 Å². The van der Waals surface area contributed by atoms with E-state index >= 15 is 0 Å². The van der Waals surface area contributed by atoms with Crippen LogP contribution < -0.4 is 5.32 Å². The monoisotopic (exact) mass is 420 g/mol. The van der Waals surface area contributed by atoms with Crippen LogP contribution in [0.25, 0.3) is 5.82 Å². The summed E-state index contributed by atoms with van der Waals surface area (Å²) in [6.45, 7) is 6.96. The highest BCUT2D eigenvalue weighted by atomic mass is 16.5. The van der Waals surface area contributed by atoms with Gasteiger partial charge in [0.1, 0.15) is 11.3 Å². The number of Topliss-reactive ketones (excluding diaryl/α,β-unsaturated/α-hetero) is 1. The van der Waals surface area contributed by atoms with Crippen LogP contribution in [0.3, 0.4) is 0 Å². The van der Waals surface area contributed by atoms with Crippen molar-refractivity contribution in [2.24, 2.45) is 0 Å². The molecule has 8 heteroatoms. The molecular weight excluding hydrogens is 396 g/mol. The first-order valence-electron chi connectivity index (χ1n) is 10.1. The van der Waals surface area contributed by atoms with Crippen LogP contribution in [0.1, 0.15) is 46.4 Å². The lowest BCUT2D eigenvalue weighted by atomic mass is 9.87. The van der Waals surface area contributed by atoms with E-state index in [2.05, 4.69) is 10.5 Å². The number of aromatic nitrogens is 2. The molecule has 1 atom stereocenters. The summed E-state index contributed by atoms with van der Waals surface area (Å²) in [4.78, 5) is 40.1. The molecule has 8 nitrogen and oxygen atoms in total. The fourth-order valence-electron chi connectivity index (χ4n) is 4.22. The number of benzene rings is 1. The molecule has 3 heterocycles. The number of nitrogens with zero attached hydrogens (tertiary/aromatic N) is 3. The van der Waals surface area contributed by atoms with Crippen molar-refractivity contribution in [1.29, 1.82) is 0 Å². The molecule has 0 spiro atoms. The van der Waals surface area contributed by atoms with Crippen molar-refractivity contribution in [3.8, 4) is 5.82 Å². The minimum atomic E-state index is -1.16.